The van der Waals surface area contributed by atoms with Crippen LogP contribution in [0.3, 0.4) is 0 Å². The summed E-state index contributed by atoms with van der Waals surface area (Å²) in [4.78, 5) is 37.7. The third kappa shape index (κ3) is 43.5. The monoisotopic (exact) mass is 793 g/mol. The van der Waals surface area contributed by atoms with Crippen LogP contribution in [-0.2, 0) is 28.6 Å². The summed E-state index contributed by atoms with van der Waals surface area (Å²) in [6, 6.07) is 0. The highest BCUT2D eigenvalue weighted by Gasteiger charge is 2.19. The minimum atomic E-state index is -0.759. The second-order valence-electron chi connectivity index (χ2n) is 17.6. The molecule has 0 saturated heterocycles. The van der Waals surface area contributed by atoms with Gasteiger partial charge in [0.2, 0.25) is 0 Å². The van der Waals surface area contributed by atoms with Crippen molar-refractivity contribution in [2.45, 2.75) is 284 Å². The summed E-state index contributed by atoms with van der Waals surface area (Å²) in [7, 11) is 0. The summed E-state index contributed by atoms with van der Waals surface area (Å²) in [6.07, 6.45) is 45.3. The van der Waals surface area contributed by atoms with E-state index in [1.165, 1.54) is 173 Å². The first kappa shape index (κ1) is 54.4. The fourth-order valence-corrected chi connectivity index (χ4v) is 7.51. The predicted octanol–water partition coefficient (Wildman–Crippen LogP) is 15.9. The third-order valence-electron chi connectivity index (χ3n) is 11.3. The van der Waals surface area contributed by atoms with Crippen LogP contribution < -0.4 is 0 Å². The van der Waals surface area contributed by atoms with Gasteiger partial charge in [-0.1, -0.05) is 240 Å². The number of carbonyl (C=O) groups excluding carboxylic acids is 3. The average molecular weight is 793 g/mol. The molecule has 0 spiro atoms. The van der Waals surface area contributed by atoms with E-state index in [-0.39, 0.29) is 31.1 Å². The zero-order valence-electron chi connectivity index (χ0n) is 38.1. The topological polar surface area (TPSA) is 78.9 Å². The predicted molar refractivity (Wildman–Crippen MR) is 238 cm³/mol. The maximum Gasteiger partial charge on any atom is 0.306 e. The molecule has 0 fully saturated rings. The van der Waals surface area contributed by atoms with E-state index in [0.717, 1.165) is 63.7 Å². The van der Waals surface area contributed by atoms with Gasteiger partial charge in [0.15, 0.2) is 6.10 Å². The largest absolute Gasteiger partial charge is 0.462 e. The van der Waals surface area contributed by atoms with E-state index in [1.54, 1.807) is 0 Å². The van der Waals surface area contributed by atoms with E-state index in [0.29, 0.717) is 19.3 Å². The fourth-order valence-electron chi connectivity index (χ4n) is 7.51. The molecule has 56 heavy (non-hydrogen) atoms. The molecule has 0 aromatic heterocycles. The van der Waals surface area contributed by atoms with Crippen LogP contribution in [0.25, 0.3) is 0 Å². The molecule has 6 heteroatoms. The van der Waals surface area contributed by atoms with Crippen molar-refractivity contribution < 1.29 is 28.6 Å². The number of carbonyl (C=O) groups is 3. The zero-order valence-corrected chi connectivity index (χ0v) is 38.1. The third-order valence-corrected chi connectivity index (χ3v) is 11.3. The molecule has 0 amide bonds. The minimum absolute atomic E-state index is 0.0639. The molecule has 0 aliphatic carbocycles. The Hall–Kier alpha value is -1.59. The van der Waals surface area contributed by atoms with Crippen molar-refractivity contribution in [1.82, 2.24) is 0 Å². The lowest BCUT2D eigenvalue weighted by Crippen LogP contribution is -2.30. The van der Waals surface area contributed by atoms with E-state index in [4.69, 9.17) is 14.2 Å². The Balaban J connectivity index is 4.20. The van der Waals surface area contributed by atoms with Gasteiger partial charge in [-0.2, -0.15) is 0 Å². The normalized spacial score (nSPS) is 11.9. The van der Waals surface area contributed by atoms with Crippen LogP contribution in [0.4, 0.5) is 0 Å². The minimum Gasteiger partial charge on any atom is -0.462 e. The van der Waals surface area contributed by atoms with Crippen LogP contribution in [-0.4, -0.2) is 37.2 Å². The van der Waals surface area contributed by atoms with E-state index in [9.17, 15) is 14.4 Å². The van der Waals surface area contributed by atoms with Gasteiger partial charge in [0.25, 0.3) is 0 Å². The van der Waals surface area contributed by atoms with Crippen LogP contribution >= 0.6 is 0 Å². The zero-order chi connectivity index (χ0) is 41.0. The number of hydrogen-bond donors (Lipinski definition) is 0. The van der Waals surface area contributed by atoms with Crippen LogP contribution in [0.15, 0.2) is 0 Å². The number of rotatable bonds is 45. The lowest BCUT2D eigenvalue weighted by atomic mass is 10.0. The SMILES string of the molecule is CCCCCCCCCCCCCCCCCCCCC(=O)O[C@@H](COC(=O)CCCCCCCCC)COC(=O)CCCCCCCCCCCCC(C)C. The van der Waals surface area contributed by atoms with E-state index < -0.39 is 6.10 Å². The second kappa shape index (κ2) is 44.5. The Labute approximate surface area is 348 Å². The van der Waals surface area contributed by atoms with Crippen molar-refractivity contribution in [3.05, 3.63) is 0 Å². The number of ether oxygens (including phenoxy) is 3. The van der Waals surface area contributed by atoms with Crippen LogP contribution in [0, 0.1) is 5.92 Å². The van der Waals surface area contributed by atoms with Crippen molar-refractivity contribution >= 4 is 17.9 Å². The average Bonchev–Trinajstić information content (AvgIpc) is 3.18. The van der Waals surface area contributed by atoms with Gasteiger partial charge in [-0.15, -0.1) is 0 Å². The smallest absolute Gasteiger partial charge is 0.306 e. The number of hydrogen-bond acceptors (Lipinski definition) is 6. The Morgan fingerprint density at radius 2 is 0.589 bits per heavy atom. The lowest BCUT2D eigenvalue weighted by Gasteiger charge is -2.18. The molecule has 0 rings (SSSR count). The van der Waals surface area contributed by atoms with Gasteiger partial charge < -0.3 is 14.2 Å². The molecule has 332 valence electrons. The Morgan fingerprint density at radius 3 is 0.875 bits per heavy atom. The van der Waals surface area contributed by atoms with E-state index in [2.05, 4.69) is 27.7 Å². The summed E-state index contributed by atoms with van der Waals surface area (Å²) < 4.78 is 16.7. The second-order valence-corrected chi connectivity index (χ2v) is 17.6. The molecular formula is C50H96O6. The van der Waals surface area contributed by atoms with Crippen LogP contribution in [0.2, 0.25) is 0 Å². The molecule has 0 N–H and O–H groups in total. The molecule has 0 aromatic carbocycles. The molecule has 0 aliphatic rings. The molecular weight excluding hydrogens is 697 g/mol. The van der Waals surface area contributed by atoms with Gasteiger partial charge in [-0.25, -0.2) is 0 Å². The highest BCUT2D eigenvalue weighted by Crippen LogP contribution is 2.17. The first-order valence-electron chi connectivity index (χ1n) is 24.9. The van der Waals surface area contributed by atoms with Crippen LogP contribution in [0.5, 0.6) is 0 Å². The Bertz CT molecular complexity index is 841. The van der Waals surface area contributed by atoms with Gasteiger partial charge >= 0.3 is 17.9 Å². The maximum atomic E-state index is 12.7. The highest BCUT2D eigenvalue weighted by atomic mass is 16.6. The molecule has 0 aliphatic heterocycles. The number of unbranched alkanes of at least 4 members (excludes halogenated alkanes) is 32. The highest BCUT2D eigenvalue weighted by molar-refractivity contribution is 5.71. The first-order chi connectivity index (χ1) is 27.4. The molecule has 0 saturated carbocycles. The molecule has 6 nitrogen and oxygen atoms in total. The summed E-state index contributed by atoms with van der Waals surface area (Å²) in [6.45, 7) is 8.97. The summed E-state index contributed by atoms with van der Waals surface area (Å²) in [5.74, 6) is -0.0365. The van der Waals surface area contributed by atoms with Crippen molar-refractivity contribution in [2.75, 3.05) is 13.2 Å². The first-order valence-corrected chi connectivity index (χ1v) is 24.9. The molecule has 0 radical (unpaired) electrons. The van der Waals surface area contributed by atoms with Gasteiger partial charge in [0.05, 0.1) is 0 Å². The van der Waals surface area contributed by atoms with Crippen molar-refractivity contribution in [1.29, 1.82) is 0 Å². The Kier molecular flexibility index (Phi) is 43.2. The van der Waals surface area contributed by atoms with Crippen molar-refractivity contribution in [2.24, 2.45) is 5.92 Å². The number of esters is 3. The molecule has 0 unspecified atom stereocenters. The van der Waals surface area contributed by atoms with E-state index >= 15 is 0 Å². The van der Waals surface area contributed by atoms with Crippen LogP contribution in [0.1, 0.15) is 278 Å². The van der Waals surface area contributed by atoms with Gasteiger partial charge in [-0.3, -0.25) is 14.4 Å². The molecule has 0 heterocycles. The van der Waals surface area contributed by atoms with Crippen molar-refractivity contribution in [3.63, 3.8) is 0 Å². The standard InChI is InChI=1S/C50H96O6/c1-5-7-9-11-13-14-15-16-17-18-19-20-21-22-27-31-35-39-43-50(53)56-47(44-54-48(51)41-37-33-28-12-10-8-6-2)45-55-49(52)42-38-34-30-26-24-23-25-29-32-36-40-46(3)4/h46-47H,5-45H2,1-4H3/t47-/m0/s1. The van der Waals surface area contributed by atoms with E-state index in [1.807, 2.05) is 0 Å². The maximum absolute atomic E-state index is 12.7. The summed E-state index contributed by atoms with van der Waals surface area (Å²) in [5, 5.41) is 0. The summed E-state index contributed by atoms with van der Waals surface area (Å²) >= 11 is 0. The van der Waals surface area contributed by atoms with Gasteiger partial charge in [0.1, 0.15) is 13.2 Å². The van der Waals surface area contributed by atoms with Gasteiger partial charge in [-0.05, 0) is 25.2 Å². The summed E-state index contributed by atoms with van der Waals surface area (Å²) in [5.41, 5.74) is 0. The van der Waals surface area contributed by atoms with Gasteiger partial charge in [0, 0.05) is 19.3 Å². The lowest BCUT2D eigenvalue weighted by molar-refractivity contribution is -0.167. The Morgan fingerprint density at radius 1 is 0.339 bits per heavy atom. The van der Waals surface area contributed by atoms with Crippen molar-refractivity contribution in [3.8, 4) is 0 Å². The molecule has 1 atom stereocenters. The molecule has 0 aromatic rings. The quantitative estimate of drug-likeness (QED) is 0.0347. The molecule has 0 bridgehead atoms. The fraction of sp³-hybridized carbons (Fsp3) is 0.940.